The molecule has 0 unspecified atom stereocenters. The summed E-state index contributed by atoms with van der Waals surface area (Å²) in [4.78, 5) is 21.0. The SMILES string of the molecule is [B]c1cnn2c(NC3CCN(C(=O)C4(c5ccccc5)CCCCC4)CC3)cc(-c3ccccc3C)nc12. The molecular formula is C31H34BN5O. The van der Waals surface area contributed by atoms with E-state index < -0.39 is 0 Å². The fraction of sp³-hybridized carbons (Fsp3) is 0.387. The number of hydrogen-bond donors (Lipinski definition) is 1. The minimum atomic E-state index is -0.369. The Bertz CT molecular complexity index is 1440. The van der Waals surface area contributed by atoms with Crippen LogP contribution >= 0.6 is 0 Å². The number of nitrogens with zero attached hydrogens (tertiary/aromatic N) is 4. The number of nitrogens with one attached hydrogen (secondary N) is 1. The monoisotopic (exact) mass is 503 g/mol. The van der Waals surface area contributed by atoms with Gasteiger partial charge < -0.3 is 10.2 Å². The average molecular weight is 503 g/mol. The van der Waals surface area contributed by atoms with Gasteiger partial charge in [-0.25, -0.2) is 4.98 Å². The Morgan fingerprint density at radius 1 is 1.00 bits per heavy atom. The van der Waals surface area contributed by atoms with Gasteiger partial charge in [-0.3, -0.25) is 4.79 Å². The summed E-state index contributed by atoms with van der Waals surface area (Å²) in [5.74, 6) is 1.19. The molecule has 1 amide bonds. The molecule has 2 aliphatic rings. The molecule has 1 N–H and O–H groups in total. The summed E-state index contributed by atoms with van der Waals surface area (Å²) >= 11 is 0. The van der Waals surface area contributed by atoms with E-state index in [2.05, 4.69) is 64.7 Å². The first-order valence-electron chi connectivity index (χ1n) is 13.9. The molecule has 0 bridgehead atoms. The minimum absolute atomic E-state index is 0.235. The second kappa shape index (κ2) is 10.3. The summed E-state index contributed by atoms with van der Waals surface area (Å²) in [6, 6.07) is 21.0. The number of amides is 1. The standard InChI is InChI=1S/C31H34BN5O/c1-22-10-6-7-13-25(22)27-20-28(37-29(35-27)26(32)21-33-37)34-24-14-18-36(19-15-24)30(38)31(16-8-3-9-17-31)23-11-4-2-5-12-23/h2,4-7,10-13,20-21,24,34H,3,8-9,14-19H2,1H3. The zero-order chi connectivity index (χ0) is 26.1. The predicted octanol–water partition coefficient (Wildman–Crippen LogP) is 4.80. The topological polar surface area (TPSA) is 62.5 Å². The van der Waals surface area contributed by atoms with Gasteiger partial charge in [-0.05, 0) is 49.2 Å². The molecule has 4 aromatic rings. The van der Waals surface area contributed by atoms with E-state index in [0.29, 0.717) is 17.0 Å². The van der Waals surface area contributed by atoms with Gasteiger partial charge in [0.25, 0.3) is 0 Å². The third-order valence-corrected chi connectivity index (χ3v) is 8.50. The van der Waals surface area contributed by atoms with E-state index in [1.807, 2.05) is 18.2 Å². The second-order valence-corrected chi connectivity index (χ2v) is 10.9. The van der Waals surface area contributed by atoms with Crippen LogP contribution in [0.2, 0.25) is 0 Å². The first-order valence-corrected chi connectivity index (χ1v) is 13.9. The average Bonchev–Trinajstić information content (AvgIpc) is 3.35. The van der Waals surface area contributed by atoms with Crippen LogP contribution in [0.5, 0.6) is 0 Å². The number of benzene rings is 2. The van der Waals surface area contributed by atoms with Crippen molar-refractivity contribution in [2.24, 2.45) is 0 Å². The van der Waals surface area contributed by atoms with Crippen molar-refractivity contribution in [1.29, 1.82) is 0 Å². The van der Waals surface area contributed by atoms with Crippen molar-refractivity contribution in [3.63, 3.8) is 0 Å². The van der Waals surface area contributed by atoms with E-state index in [-0.39, 0.29) is 11.5 Å². The maximum Gasteiger partial charge on any atom is 0.233 e. The predicted molar refractivity (Wildman–Crippen MR) is 153 cm³/mol. The van der Waals surface area contributed by atoms with Crippen LogP contribution in [0.3, 0.4) is 0 Å². The van der Waals surface area contributed by atoms with Gasteiger partial charge in [0.15, 0.2) is 5.65 Å². The summed E-state index contributed by atoms with van der Waals surface area (Å²) in [5.41, 5.74) is 5.15. The maximum atomic E-state index is 14.0. The molecule has 6 rings (SSSR count). The lowest BCUT2D eigenvalue weighted by atomic mass is 9.68. The number of hydrogen-bond acceptors (Lipinski definition) is 4. The van der Waals surface area contributed by atoms with Crippen LogP contribution in [0.1, 0.15) is 56.1 Å². The van der Waals surface area contributed by atoms with Crippen LogP contribution in [-0.4, -0.2) is 52.4 Å². The summed E-state index contributed by atoms with van der Waals surface area (Å²) in [6.07, 6.45) is 8.78. The molecule has 1 aliphatic carbocycles. The summed E-state index contributed by atoms with van der Waals surface area (Å²) < 4.78 is 1.79. The zero-order valence-corrected chi connectivity index (χ0v) is 22.1. The van der Waals surface area contributed by atoms with Gasteiger partial charge in [0, 0.05) is 37.0 Å². The molecule has 1 saturated heterocycles. The van der Waals surface area contributed by atoms with Crippen LogP contribution in [0.4, 0.5) is 5.82 Å². The van der Waals surface area contributed by atoms with Crippen molar-refractivity contribution in [3.05, 3.63) is 78.0 Å². The molecule has 2 aromatic heterocycles. The second-order valence-electron chi connectivity index (χ2n) is 10.9. The molecule has 1 saturated carbocycles. The van der Waals surface area contributed by atoms with Crippen LogP contribution in [-0.2, 0) is 10.2 Å². The number of aromatic nitrogens is 3. The Morgan fingerprint density at radius 2 is 1.71 bits per heavy atom. The molecule has 38 heavy (non-hydrogen) atoms. The molecule has 2 fully saturated rings. The van der Waals surface area contributed by atoms with Gasteiger partial charge >= 0.3 is 0 Å². The molecule has 192 valence electrons. The van der Waals surface area contributed by atoms with E-state index >= 15 is 0 Å². The third-order valence-electron chi connectivity index (χ3n) is 8.50. The highest BCUT2D eigenvalue weighted by atomic mass is 16.2. The summed E-state index contributed by atoms with van der Waals surface area (Å²) in [5, 5.41) is 8.20. The Labute approximate surface area is 225 Å². The fourth-order valence-electron chi connectivity index (χ4n) is 6.36. The number of anilines is 1. The molecule has 2 aromatic carbocycles. The van der Waals surface area contributed by atoms with E-state index in [9.17, 15) is 4.79 Å². The van der Waals surface area contributed by atoms with Gasteiger partial charge in [0.1, 0.15) is 13.7 Å². The first-order chi connectivity index (χ1) is 18.5. The van der Waals surface area contributed by atoms with Crippen molar-refractivity contribution < 1.29 is 4.79 Å². The molecule has 0 atom stereocenters. The third kappa shape index (κ3) is 4.48. The highest BCUT2D eigenvalue weighted by Crippen LogP contribution is 2.41. The van der Waals surface area contributed by atoms with Crippen molar-refractivity contribution >= 4 is 30.7 Å². The van der Waals surface area contributed by atoms with Crippen LogP contribution in [0, 0.1) is 6.92 Å². The Hall–Kier alpha value is -3.61. The van der Waals surface area contributed by atoms with Crippen molar-refractivity contribution in [1.82, 2.24) is 19.5 Å². The molecule has 3 heterocycles. The van der Waals surface area contributed by atoms with Crippen molar-refractivity contribution in [3.8, 4) is 11.3 Å². The minimum Gasteiger partial charge on any atom is -0.367 e. The van der Waals surface area contributed by atoms with Crippen LogP contribution in [0.15, 0.2) is 66.9 Å². The number of aryl methyl sites for hydroxylation is 1. The number of rotatable bonds is 5. The van der Waals surface area contributed by atoms with Crippen LogP contribution in [0.25, 0.3) is 16.9 Å². The number of fused-ring (bicyclic) bond motifs is 1. The highest BCUT2D eigenvalue weighted by molar-refractivity contribution is 6.36. The number of likely N-dealkylation sites (tertiary alicyclic amines) is 1. The highest BCUT2D eigenvalue weighted by Gasteiger charge is 2.44. The van der Waals surface area contributed by atoms with E-state index in [4.69, 9.17) is 12.8 Å². The van der Waals surface area contributed by atoms with E-state index in [1.165, 1.54) is 12.0 Å². The Balaban J connectivity index is 1.21. The smallest absolute Gasteiger partial charge is 0.233 e. The lowest BCUT2D eigenvalue weighted by molar-refractivity contribution is -0.139. The molecule has 0 spiro atoms. The molecule has 7 heteroatoms. The Kier molecular flexibility index (Phi) is 6.68. The lowest BCUT2D eigenvalue weighted by Crippen LogP contribution is -2.51. The molecule has 2 radical (unpaired) electrons. The van der Waals surface area contributed by atoms with Crippen LogP contribution < -0.4 is 10.8 Å². The number of piperidine rings is 1. The van der Waals surface area contributed by atoms with E-state index in [1.54, 1.807) is 10.7 Å². The summed E-state index contributed by atoms with van der Waals surface area (Å²) in [7, 11) is 6.23. The Morgan fingerprint density at radius 3 is 2.45 bits per heavy atom. The zero-order valence-electron chi connectivity index (χ0n) is 22.1. The van der Waals surface area contributed by atoms with E-state index in [0.717, 1.165) is 74.3 Å². The molecule has 6 nitrogen and oxygen atoms in total. The van der Waals surface area contributed by atoms with Gasteiger partial charge in [0.2, 0.25) is 5.91 Å². The van der Waals surface area contributed by atoms with Gasteiger partial charge in [-0.15, -0.1) is 0 Å². The normalized spacial score (nSPS) is 18.0. The van der Waals surface area contributed by atoms with Crippen molar-refractivity contribution in [2.45, 2.75) is 63.3 Å². The van der Waals surface area contributed by atoms with Gasteiger partial charge in [-0.2, -0.15) is 9.61 Å². The maximum absolute atomic E-state index is 14.0. The van der Waals surface area contributed by atoms with Gasteiger partial charge in [-0.1, -0.05) is 73.9 Å². The number of carbonyl (C=O) groups is 1. The van der Waals surface area contributed by atoms with Gasteiger partial charge in [0.05, 0.1) is 11.1 Å². The molecular weight excluding hydrogens is 469 g/mol. The first kappa shape index (κ1) is 24.7. The fourth-order valence-corrected chi connectivity index (χ4v) is 6.36. The van der Waals surface area contributed by atoms with Crippen molar-refractivity contribution in [2.75, 3.05) is 18.4 Å². The largest absolute Gasteiger partial charge is 0.367 e. The molecule has 1 aliphatic heterocycles. The summed E-state index contributed by atoms with van der Waals surface area (Å²) in [6.45, 7) is 3.60. The lowest BCUT2D eigenvalue weighted by Gasteiger charge is -2.42. The quantitative estimate of drug-likeness (QED) is 0.398. The number of carbonyl (C=O) groups excluding carboxylic acids is 1.